The van der Waals surface area contributed by atoms with E-state index < -0.39 is 0 Å². The predicted octanol–water partition coefficient (Wildman–Crippen LogP) is 2.20. The van der Waals surface area contributed by atoms with Crippen LogP contribution in [0.3, 0.4) is 0 Å². The summed E-state index contributed by atoms with van der Waals surface area (Å²) >= 11 is 0. The van der Waals surface area contributed by atoms with E-state index in [-0.39, 0.29) is 30.3 Å². The van der Waals surface area contributed by atoms with E-state index >= 15 is 0 Å². The minimum atomic E-state index is -0.284. The Labute approximate surface area is 157 Å². The number of carbonyl (C=O) groups excluding carboxylic acids is 2. The second kappa shape index (κ2) is 8.75. The van der Waals surface area contributed by atoms with Crippen molar-refractivity contribution in [1.82, 2.24) is 10.2 Å². The molecule has 0 aromatic heterocycles. The molecule has 142 valence electrons. The summed E-state index contributed by atoms with van der Waals surface area (Å²) in [5.74, 6) is -0.594. The third kappa shape index (κ3) is 5.12. The van der Waals surface area contributed by atoms with Crippen LogP contribution < -0.4 is 10.6 Å². The highest BCUT2D eigenvalue weighted by molar-refractivity contribution is 5.96. The van der Waals surface area contributed by atoms with Gasteiger partial charge in [0.2, 0.25) is 5.91 Å². The van der Waals surface area contributed by atoms with Crippen LogP contribution in [-0.4, -0.2) is 50.0 Å². The lowest BCUT2D eigenvalue weighted by Gasteiger charge is -2.32. The van der Waals surface area contributed by atoms with Gasteiger partial charge in [-0.2, -0.15) is 0 Å². The van der Waals surface area contributed by atoms with Crippen molar-refractivity contribution < 1.29 is 18.7 Å². The Morgan fingerprint density at radius 2 is 1.85 bits per heavy atom. The average molecular weight is 371 g/mol. The topological polar surface area (TPSA) is 70.7 Å². The molecule has 1 fully saturated rings. The van der Waals surface area contributed by atoms with Gasteiger partial charge >= 0.3 is 0 Å². The zero-order valence-corrected chi connectivity index (χ0v) is 15.1. The van der Waals surface area contributed by atoms with Gasteiger partial charge in [-0.1, -0.05) is 12.1 Å². The van der Waals surface area contributed by atoms with Crippen LogP contribution in [0.5, 0.6) is 0 Å². The molecular formula is C20H22FN3O3. The molecule has 0 saturated carbocycles. The van der Waals surface area contributed by atoms with Gasteiger partial charge in [0.25, 0.3) is 5.91 Å². The van der Waals surface area contributed by atoms with Crippen LogP contribution in [0.2, 0.25) is 0 Å². The van der Waals surface area contributed by atoms with Crippen molar-refractivity contribution in [2.24, 2.45) is 0 Å². The Balaban J connectivity index is 1.54. The quantitative estimate of drug-likeness (QED) is 0.845. The molecule has 27 heavy (non-hydrogen) atoms. The Morgan fingerprint density at radius 3 is 2.52 bits per heavy atom. The number of nitrogens with one attached hydrogen (secondary N) is 2. The molecule has 1 aliphatic heterocycles. The number of ether oxygens (including phenoxy) is 1. The van der Waals surface area contributed by atoms with Crippen molar-refractivity contribution in [2.75, 3.05) is 38.6 Å². The van der Waals surface area contributed by atoms with Crippen LogP contribution in [0.4, 0.5) is 10.1 Å². The maximum atomic E-state index is 13.1. The molecule has 0 radical (unpaired) electrons. The standard InChI is InChI=1S/C20H22FN3O3/c1-22-20(26)15-4-8-17(9-5-15)23-19(25)13-24-10-11-27-18(12-24)14-2-6-16(21)7-3-14/h2-9,18H,10-13H2,1H3,(H,22,26)(H,23,25). The van der Waals surface area contributed by atoms with Crippen molar-refractivity contribution in [3.63, 3.8) is 0 Å². The number of carbonyl (C=O) groups is 2. The zero-order chi connectivity index (χ0) is 19.2. The van der Waals surface area contributed by atoms with E-state index in [9.17, 15) is 14.0 Å². The molecule has 2 aromatic carbocycles. The van der Waals surface area contributed by atoms with E-state index in [1.54, 1.807) is 43.4 Å². The lowest BCUT2D eigenvalue weighted by molar-refractivity contribution is -0.119. The summed E-state index contributed by atoms with van der Waals surface area (Å²) in [6, 6.07) is 12.9. The first-order valence-corrected chi connectivity index (χ1v) is 8.76. The van der Waals surface area contributed by atoms with Crippen LogP contribution in [-0.2, 0) is 9.53 Å². The number of rotatable bonds is 5. The van der Waals surface area contributed by atoms with Gasteiger partial charge < -0.3 is 15.4 Å². The third-order valence-corrected chi connectivity index (χ3v) is 4.42. The van der Waals surface area contributed by atoms with Gasteiger partial charge in [0.1, 0.15) is 5.82 Å². The van der Waals surface area contributed by atoms with Gasteiger partial charge in [0, 0.05) is 31.4 Å². The summed E-state index contributed by atoms with van der Waals surface area (Å²) in [5.41, 5.74) is 2.06. The Bertz CT molecular complexity index is 793. The van der Waals surface area contributed by atoms with E-state index in [2.05, 4.69) is 10.6 Å². The first kappa shape index (κ1) is 19.0. The van der Waals surface area contributed by atoms with Crippen LogP contribution >= 0.6 is 0 Å². The van der Waals surface area contributed by atoms with Crippen LogP contribution in [0, 0.1) is 5.82 Å². The normalized spacial score (nSPS) is 17.3. The molecule has 1 heterocycles. The molecule has 0 aliphatic carbocycles. The largest absolute Gasteiger partial charge is 0.371 e. The maximum Gasteiger partial charge on any atom is 0.251 e. The van der Waals surface area contributed by atoms with Crippen LogP contribution in [0.1, 0.15) is 22.0 Å². The molecule has 1 aliphatic rings. The second-order valence-corrected chi connectivity index (χ2v) is 6.35. The summed E-state index contributed by atoms with van der Waals surface area (Å²) in [5, 5.41) is 5.38. The fourth-order valence-corrected chi connectivity index (χ4v) is 2.98. The predicted molar refractivity (Wildman–Crippen MR) is 100.0 cm³/mol. The number of hydrogen-bond acceptors (Lipinski definition) is 4. The average Bonchev–Trinajstić information content (AvgIpc) is 2.68. The number of nitrogens with zero attached hydrogens (tertiary/aromatic N) is 1. The molecule has 2 N–H and O–H groups in total. The summed E-state index contributed by atoms with van der Waals surface area (Å²) < 4.78 is 18.8. The number of hydrogen-bond donors (Lipinski definition) is 2. The van der Waals surface area contributed by atoms with Gasteiger partial charge in [-0.15, -0.1) is 0 Å². The van der Waals surface area contributed by atoms with Crippen LogP contribution in [0.25, 0.3) is 0 Å². The molecule has 0 bridgehead atoms. The number of benzene rings is 2. The summed E-state index contributed by atoms with van der Waals surface area (Å²) in [7, 11) is 1.57. The molecule has 3 rings (SSSR count). The molecule has 0 spiro atoms. The molecular weight excluding hydrogens is 349 g/mol. The van der Waals surface area contributed by atoms with Crippen molar-refractivity contribution in [3.05, 3.63) is 65.5 Å². The fraction of sp³-hybridized carbons (Fsp3) is 0.300. The van der Waals surface area contributed by atoms with Crippen molar-refractivity contribution in [1.29, 1.82) is 0 Å². The summed E-state index contributed by atoms with van der Waals surface area (Å²) in [6.07, 6.45) is -0.181. The first-order valence-electron chi connectivity index (χ1n) is 8.76. The second-order valence-electron chi connectivity index (χ2n) is 6.35. The highest BCUT2D eigenvalue weighted by Crippen LogP contribution is 2.22. The fourth-order valence-electron chi connectivity index (χ4n) is 2.98. The van der Waals surface area contributed by atoms with Gasteiger partial charge in [0.15, 0.2) is 0 Å². The highest BCUT2D eigenvalue weighted by atomic mass is 19.1. The minimum Gasteiger partial charge on any atom is -0.371 e. The lowest BCUT2D eigenvalue weighted by atomic mass is 10.1. The monoisotopic (exact) mass is 371 g/mol. The highest BCUT2D eigenvalue weighted by Gasteiger charge is 2.23. The van der Waals surface area contributed by atoms with Gasteiger partial charge in [-0.05, 0) is 42.0 Å². The van der Waals surface area contributed by atoms with E-state index in [0.29, 0.717) is 30.9 Å². The smallest absolute Gasteiger partial charge is 0.251 e. The SMILES string of the molecule is CNC(=O)c1ccc(NC(=O)CN2CCOC(c3ccc(F)cc3)C2)cc1. The van der Waals surface area contributed by atoms with Gasteiger partial charge in [-0.3, -0.25) is 14.5 Å². The van der Waals surface area contributed by atoms with E-state index in [1.165, 1.54) is 12.1 Å². The van der Waals surface area contributed by atoms with Crippen molar-refractivity contribution in [2.45, 2.75) is 6.10 Å². The molecule has 2 aromatic rings. The van der Waals surface area contributed by atoms with Crippen LogP contribution in [0.15, 0.2) is 48.5 Å². The number of anilines is 1. The molecule has 1 atom stereocenters. The molecule has 2 amide bonds. The Hall–Kier alpha value is -2.77. The van der Waals surface area contributed by atoms with E-state index in [1.807, 2.05) is 4.90 Å². The summed E-state index contributed by atoms with van der Waals surface area (Å²) in [4.78, 5) is 25.9. The molecule has 7 heteroatoms. The molecule has 6 nitrogen and oxygen atoms in total. The number of halogens is 1. The number of amides is 2. The number of morpholine rings is 1. The molecule has 1 saturated heterocycles. The van der Waals surface area contributed by atoms with E-state index in [0.717, 1.165) is 5.56 Å². The summed E-state index contributed by atoms with van der Waals surface area (Å²) in [6.45, 7) is 1.96. The van der Waals surface area contributed by atoms with Gasteiger partial charge in [-0.25, -0.2) is 4.39 Å². The first-order chi connectivity index (χ1) is 13.0. The zero-order valence-electron chi connectivity index (χ0n) is 15.1. The van der Waals surface area contributed by atoms with Crippen molar-refractivity contribution >= 4 is 17.5 Å². The Morgan fingerprint density at radius 1 is 1.15 bits per heavy atom. The third-order valence-electron chi connectivity index (χ3n) is 4.42. The van der Waals surface area contributed by atoms with Crippen molar-refractivity contribution in [3.8, 4) is 0 Å². The lowest BCUT2D eigenvalue weighted by Crippen LogP contribution is -2.42. The Kier molecular flexibility index (Phi) is 6.16. The minimum absolute atomic E-state index is 0.137. The van der Waals surface area contributed by atoms with Gasteiger partial charge in [0.05, 0.1) is 19.3 Å². The maximum absolute atomic E-state index is 13.1. The molecule has 1 unspecified atom stereocenters. The van der Waals surface area contributed by atoms with E-state index in [4.69, 9.17) is 4.74 Å².